The Kier molecular flexibility index (Phi) is 5.76. The molecule has 3 aliphatic heterocycles. The largest absolute Gasteiger partial charge is 0.465 e. The van der Waals surface area contributed by atoms with E-state index in [1.807, 2.05) is 4.90 Å². The normalized spacial score (nSPS) is 27.4. The van der Waals surface area contributed by atoms with Crippen LogP contribution in [0.25, 0.3) is 11.1 Å². The van der Waals surface area contributed by atoms with Gasteiger partial charge in [-0.1, -0.05) is 63.6 Å². The molecule has 6 rings (SSSR count). The number of aryl methyl sites for hydroxylation is 2. The maximum Gasteiger partial charge on any atom is 0.408 e. The van der Waals surface area contributed by atoms with Gasteiger partial charge in [-0.25, -0.2) is 4.79 Å². The molecule has 0 saturated carbocycles. The lowest BCUT2D eigenvalue weighted by molar-refractivity contribution is -0.0267. The SMILES string of the molecule is CCCc1ccc(-c2cc3c(cc2C)[C@H](N(C(=O)O)[C@@H]2CN4CCC2CC4)C(C)(C)C3)cc1. The first-order valence-corrected chi connectivity index (χ1v) is 12.7. The Morgan fingerprint density at radius 1 is 1.15 bits per heavy atom. The van der Waals surface area contributed by atoms with Crippen LogP contribution in [0.15, 0.2) is 36.4 Å². The molecule has 0 radical (unpaired) electrons. The van der Waals surface area contributed by atoms with E-state index >= 15 is 0 Å². The third-order valence-corrected chi connectivity index (χ3v) is 8.45. The van der Waals surface area contributed by atoms with Crippen LogP contribution in [0.2, 0.25) is 0 Å². The van der Waals surface area contributed by atoms with Gasteiger partial charge >= 0.3 is 6.09 Å². The molecular formula is C29H38N2O2. The molecule has 0 spiro atoms. The predicted octanol–water partition coefficient (Wildman–Crippen LogP) is 6.31. The van der Waals surface area contributed by atoms with E-state index in [1.165, 1.54) is 33.4 Å². The second kappa shape index (κ2) is 8.47. The second-order valence-electron chi connectivity index (χ2n) is 11.3. The van der Waals surface area contributed by atoms with Crippen molar-refractivity contribution in [2.45, 2.75) is 71.9 Å². The highest BCUT2D eigenvalue weighted by atomic mass is 16.4. The van der Waals surface area contributed by atoms with Gasteiger partial charge in [0, 0.05) is 6.54 Å². The molecule has 1 N–H and O–H groups in total. The minimum Gasteiger partial charge on any atom is -0.465 e. The van der Waals surface area contributed by atoms with Crippen molar-refractivity contribution < 1.29 is 9.90 Å². The molecule has 1 amide bonds. The number of fused-ring (bicyclic) bond motifs is 4. The number of amides is 1. The summed E-state index contributed by atoms with van der Waals surface area (Å²) < 4.78 is 0. The third-order valence-electron chi connectivity index (χ3n) is 8.45. The standard InChI is InChI=1S/C29H38N2O2/c1-5-6-20-7-9-21(10-8-20)24-16-23-17-29(3,4)27(25(23)15-19(24)2)31(28(32)33)26-18-30-13-11-22(26)12-14-30/h7-10,15-16,22,26-27H,5-6,11-14,17-18H2,1-4H3,(H,32,33)/t26-,27+/m1/s1. The average Bonchev–Trinajstić information content (AvgIpc) is 3.04. The molecule has 3 heterocycles. The van der Waals surface area contributed by atoms with Crippen LogP contribution in [0.1, 0.15) is 68.3 Å². The molecule has 2 atom stereocenters. The van der Waals surface area contributed by atoms with Gasteiger partial charge in [0.05, 0.1) is 12.1 Å². The molecule has 2 aromatic rings. The number of benzene rings is 2. The van der Waals surface area contributed by atoms with E-state index < -0.39 is 6.09 Å². The molecule has 33 heavy (non-hydrogen) atoms. The Hall–Kier alpha value is -2.33. The highest BCUT2D eigenvalue weighted by Crippen LogP contribution is 2.52. The molecule has 176 valence electrons. The van der Waals surface area contributed by atoms with Crippen molar-refractivity contribution in [3.8, 4) is 11.1 Å². The Balaban J connectivity index is 1.52. The molecule has 2 bridgehead atoms. The zero-order valence-electron chi connectivity index (χ0n) is 20.6. The fourth-order valence-electron chi connectivity index (χ4n) is 6.86. The Bertz CT molecular complexity index is 1030. The van der Waals surface area contributed by atoms with Crippen molar-refractivity contribution in [2.24, 2.45) is 11.3 Å². The highest BCUT2D eigenvalue weighted by molar-refractivity contribution is 5.71. The molecule has 4 heteroatoms. The van der Waals surface area contributed by atoms with Gasteiger partial charge in [-0.3, -0.25) is 4.90 Å². The fraction of sp³-hybridized carbons (Fsp3) is 0.552. The lowest BCUT2D eigenvalue weighted by atomic mass is 9.79. The Morgan fingerprint density at radius 3 is 2.42 bits per heavy atom. The van der Waals surface area contributed by atoms with Crippen molar-refractivity contribution in [1.29, 1.82) is 0 Å². The van der Waals surface area contributed by atoms with E-state index in [0.29, 0.717) is 5.92 Å². The molecular weight excluding hydrogens is 408 g/mol. The van der Waals surface area contributed by atoms with E-state index in [2.05, 4.69) is 69.0 Å². The lowest BCUT2D eigenvalue weighted by Gasteiger charge is -2.51. The van der Waals surface area contributed by atoms with Crippen molar-refractivity contribution >= 4 is 6.09 Å². The molecule has 0 aromatic heterocycles. The second-order valence-corrected chi connectivity index (χ2v) is 11.3. The van der Waals surface area contributed by atoms with Gasteiger partial charge in [0.25, 0.3) is 0 Å². The Morgan fingerprint density at radius 2 is 1.85 bits per heavy atom. The summed E-state index contributed by atoms with van der Waals surface area (Å²) in [5.74, 6) is 0.493. The van der Waals surface area contributed by atoms with Crippen LogP contribution in [-0.4, -0.2) is 46.7 Å². The van der Waals surface area contributed by atoms with E-state index in [4.69, 9.17) is 0 Å². The lowest BCUT2D eigenvalue weighted by Crippen LogP contribution is -2.60. The van der Waals surface area contributed by atoms with Crippen LogP contribution in [0.3, 0.4) is 0 Å². The number of carbonyl (C=O) groups is 1. The van der Waals surface area contributed by atoms with E-state index in [0.717, 1.165) is 51.7 Å². The molecule has 1 aliphatic carbocycles. The molecule has 3 saturated heterocycles. The monoisotopic (exact) mass is 446 g/mol. The summed E-state index contributed by atoms with van der Waals surface area (Å²) >= 11 is 0. The molecule has 2 aromatic carbocycles. The smallest absolute Gasteiger partial charge is 0.408 e. The quantitative estimate of drug-likeness (QED) is 0.585. The first-order chi connectivity index (χ1) is 15.8. The zero-order valence-corrected chi connectivity index (χ0v) is 20.6. The summed E-state index contributed by atoms with van der Waals surface area (Å²) in [6.45, 7) is 12.0. The van der Waals surface area contributed by atoms with Gasteiger partial charge in [0.2, 0.25) is 0 Å². The van der Waals surface area contributed by atoms with Crippen molar-refractivity contribution in [3.05, 3.63) is 58.7 Å². The minimum absolute atomic E-state index is 0.0877. The van der Waals surface area contributed by atoms with Crippen molar-refractivity contribution in [3.63, 3.8) is 0 Å². The van der Waals surface area contributed by atoms with E-state index in [-0.39, 0.29) is 17.5 Å². The number of carboxylic acid groups (broad SMARTS) is 1. The third kappa shape index (κ3) is 3.97. The van der Waals surface area contributed by atoms with Gasteiger partial charge < -0.3 is 10.0 Å². The fourth-order valence-corrected chi connectivity index (χ4v) is 6.86. The summed E-state index contributed by atoms with van der Waals surface area (Å²) in [4.78, 5) is 17.0. The number of piperidine rings is 3. The minimum atomic E-state index is -0.757. The molecule has 4 nitrogen and oxygen atoms in total. The first kappa shape index (κ1) is 22.5. The van der Waals surface area contributed by atoms with Gasteiger partial charge in [0.1, 0.15) is 0 Å². The number of hydrogen-bond acceptors (Lipinski definition) is 2. The first-order valence-electron chi connectivity index (χ1n) is 12.7. The summed E-state index contributed by atoms with van der Waals surface area (Å²) in [5.41, 5.74) is 7.57. The summed E-state index contributed by atoms with van der Waals surface area (Å²) in [6, 6.07) is 13.6. The van der Waals surface area contributed by atoms with Gasteiger partial charge in [-0.05, 0) is 90.4 Å². The molecule has 3 fully saturated rings. The Labute approximate surface area is 198 Å². The predicted molar refractivity (Wildman–Crippen MR) is 134 cm³/mol. The maximum absolute atomic E-state index is 12.7. The van der Waals surface area contributed by atoms with Crippen LogP contribution in [0, 0.1) is 18.3 Å². The van der Waals surface area contributed by atoms with Crippen LogP contribution < -0.4 is 0 Å². The number of nitrogens with zero attached hydrogens (tertiary/aromatic N) is 2. The van der Waals surface area contributed by atoms with Crippen molar-refractivity contribution in [2.75, 3.05) is 19.6 Å². The zero-order chi connectivity index (χ0) is 23.3. The summed E-state index contributed by atoms with van der Waals surface area (Å²) in [6.07, 6.45) is 4.69. The molecule has 0 unspecified atom stereocenters. The van der Waals surface area contributed by atoms with Crippen LogP contribution in [0.4, 0.5) is 4.79 Å². The topological polar surface area (TPSA) is 43.8 Å². The van der Waals surface area contributed by atoms with Crippen LogP contribution >= 0.6 is 0 Å². The van der Waals surface area contributed by atoms with E-state index in [1.54, 1.807) is 0 Å². The van der Waals surface area contributed by atoms with E-state index in [9.17, 15) is 9.90 Å². The summed E-state index contributed by atoms with van der Waals surface area (Å²) in [7, 11) is 0. The maximum atomic E-state index is 12.7. The highest BCUT2D eigenvalue weighted by Gasteiger charge is 2.50. The number of rotatable bonds is 5. The van der Waals surface area contributed by atoms with Crippen molar-refractivity contribution in [1.82, 2.24) is 9.80 Å². The van der Waals surface area contributed by atoms with Gasteiger partial charge in [-0.15, -0.1) is 0 Å². The van der Waals surface area contributed by atoms with Crippen LogP contribution in [-0.2, 0) is 12.8 Å². The summed E-state index contributed by atoms with van der Waals surface area (Å²) in [5, 5.41) is 10.5. The molecule has 4 aliphatic rings. The van der Waals surface area contributed by atoms with Crippen LogP contribution in [0.5, 0.6) is 0 Å². The van der Waals surface area contributed by atoms with Gasteiger partial charge in [-0.2, -0.15) is 0 Å². The average molecular weight is 447 g/mol. The number of hydrogen-bond donors (Lipinski definition) is 1. The van der Waals surface area contributed by atoms with Gasteiger partial charge in [0.15, 0.2) is 0 Å².